The van der Waals surface area contributed by atoms with Crippen LogP contribution >= 0.6 is 24.0 Å². The number of piperidine rings is 1. The highest BCUT2D eigenvalue weighted by Crippen LogP contribution is 2.16. The highest BCUT2D eigenvalue weighted by molar-refractivity contribution is 14.0. The molecule has 1 N–H and O–H groups in total. The molecule has 5 heterocycles. The normalized spacial score (nSPS) is 30.2. The van der Waals surface area contributed by atoms with Crippen LogP contribution in [0, 0.1) is 0 Å². The molecule has 5 saturated heterocycles. The van der Waals surface area contributed by atoms with Crippen molar-refractivity contribution in [2.75, 3.05) is 91.6 Å². The lowest BCUT2D eigenvalue weighted by molar-refractivity contribution is -0.133. The van der Waals surface area contributed by atoms with Gasteiger partial charge in [-0.1, -0.05) is 0 Å². The van der Waals surface area contributed by atoms with Gasteiger partial charge in [0.25, 0.3) is 0 Å². The van der Waals surface area contributed by atoms with E-state index >= 15 is 0 Å². The molecule has 9 heteroatoms. The van der Waals surface area contributed by atoms with Gasteiger partial charge in [0.2, 0.25) is 5.91 Å². The first-order valence-electron chi connectivity index (χ1n) is 11.7. The summed E-state index contributed by atoms with van der Waals surface area (Å²) >= 11 is 0. The first-order chi connectivity index (χ1) is 14.2. The average Bonchev–Trinajstić information content (AvgIpc) is 2.78. The topological polar surface area (TPSA) is 57.7 Å². The quantitative estimate of drug-likeness (QED) is 0.310. The predicted molar refractivity (Wildman–Crippen MR) is 132 cm³/mol. The second-order valence-corrected chi connectivity index (χ2v) is 8.89. The molecule has 172 valence electrons. The highest BCUT2D eigenvalue weighted by Gasteiger charge is 2.32. The summed E-state index contributed by atoms with van der Waals surface area (Å²) < 4.78 is 0. The van der Waals surface area contributed by atoms with E-state index in [-0.39, 0.29) is 24.0 Å². The Kier molecular flexibility index (Phi) is 9.46. The smallest absolute Gasteiger partial charge is 0.236 e. The number of amides is 1. The Morgan fingerprint density at radius 1 is 0.900 bits per heavy atom. The van der Waals surface area contributed by atoms with Gasteiger partial charge in [-0.05, 0) is 26.2 Å². The Hall–Kier alpha value is -0.650. The van der Waals surface area contributed by atoms with E-state index in [4.69, 9.17) is 4.99 Å². The van der Waals surface area contributed by atoms with Crippen molar-refractivity contribution in [1.29, 1.82) is 0 Å². The predicted octanol–water partition coefficient (Wildman–Crippen LogP) is 0.200. The number of hydrogen-bond acceptors (Lipinski definition) is 5. The van der Waals surface area contributed by atoms with Gasteiger partial charge in [0, 0.05) is 84.6 Å². The maximum Gasteiger partial charge on any atom is 0.236 e. The van der Waals surface area contributed by atoms with Gasteiger partial charge in [-0.15, -0.1) is 24.0 Å². The van der Waals surface area contributed by atoms with E-state index in [2.05, 4.69) is 36.7 Å². The zero-order valence-electron chi connectivity index (χ0n) is 18.6. The average molecular weight is 534 g/mol. The first-order valence-corrected chi connectivity index (χ1v) is 11.7. The van der Waals surface area contributed by atoms with Gasteiger partial charge >= 0.3 is 0 Å². The fourth-order valence-corrected chi connectivity index (χ4v) is 5.07. The van der Waals surface area contributed by atoms with Crippen LogP contribution in [0.15, 0.2) is 4.99 Å². The van der Waals surface area contributed by atoms with Crippen LogP contribution < -0.4 is 5.32 Å². The third-order valence-electron chi connectivity index (χ3n) is 6.92. The van der Waals surface area contributed by atoms with Crippen LogP contribution in [0.25, 0.3) is 0 Å². The maximum absolute atomic E-state index is 12.6. The molecular formula is C21H40IN7O. The second kappa shape index (κ2) is 11.8. The standard InChI is InChI=1S/C21H39N7O.HI/c1-2-22-21(23-16-19-17-24-8-12-26(19)13-9-24)28-14-10-25(11-15-28)18-20(29)27-6-4-3-5-7-27;/h19H,2-18H2,1H3,(H,22,23);1H. The van der Waals surface area contributed by atoms with Crippen molar-refractivity contribution in [3.8, 4) is 0 Å². The minimum absolute atomic E-state index is 0. The second-order valence-electron chi connectivity index (χ2n) is 8.89. The number of piperazine rings is 4. The van der Waals surface area contributed by atoms with Crippen molar-refractivity contribution in [2.45, 2.75) is 32.2 Å². The van der Waals surface area contributed by atoms with Gasteiger partial charge in [0.05, 0.1) is 13.1 Å². The molecule has 1 atom stereocenters. The van der Waals surface area contributed by atoms with Crippen molar-refractivity contribution in [2.24, 2.45) is 4.99 Å². The number of hydrogen-bond donors (Lipinski definition) is 1. The van der Waals surface area contributed by atoms with Crippen LogP contribution in [0.3, 0.4) is 0 Å². The fourth-order valence-electron chi connectivity index (χ4n) is 5.07. The molecule has 5 rings (SSSR count). The number of carbonyl (C=O) groups excluding carboxylic acids is 1. The summed E-state index contributed by atoms with van der Waals surface area (Å²) in [6, 6.07) is 0.564. The van der Waals surface area contributed by atoms with Crippen molar-refractivity contribution in [1.82, 2.24) is 29.8 Å². The maximum atomic E-state index is 12.6. The zero-order valence-corrected chi connectivity index (χ0v) is 20.9. The molecule has 2 bridgehead atoms. The van der Waals surface area contributed by atoms with Crippen LogP contribution in [-0.4, -0.2) is 134 Å². The van der Waals surface area contributed by atoms with Gasteiger partial charge in [-0.25, -0.2) is 0 Å². The Morgan fingerprint density at radius 3 is 2.20 bits per heavy atom. The number of nitrogens with zero attached hydrogens (tertiary/aromatic N) is 6. The summed E-state index contributed by atoms with van der Waals surface area (Å²) in [5.74, 6) is 1.36. The summed E-state index contributed by atoms with van der Waals surface area (Å²) in [6.07, 6.45) is 3.60. The molecule has 0 aromatic carbocycles. The summed E-state index contributed by atoms with van der Waals surface area (Å²) in [7, 11) is 0. The molecule has 1 unspecified atom stereocenters. The number of nitrogens with one attached hydrogen (secondary N) is 1. The third-order valence-corrected chi connectivity index (χ3v) is 6.92. The van der Waals surface area contributed by atoms with Crippen LogP contribution in [0.5, 0.6) is 0 Å². The Morgan fingerprint density at radius 2 is 1.60 bits per heavy atom. The van der Waals surface area contributed by atoms with E-state index in [0.717, 1.165) is 77.7 Å². The lowest BCUT2D eigenvalue weighted by Gasteiger charge is -2.47. The largest absolute Gasteiger partial charge is 0.357 e. The molecule has 0 aliphatic carbocycles. The molecular weight excluding hydrogens is 493 g/mol. The lowest BCUT2D eigenvalue weighted by Crippen LogP contribution is -2.62. The monoisotopic (exact) mass is 533 g/mol. The van der Waals surface area contributed by atoms with E-state index in [9.17, 15) is 4.79 Å². The van der Waals surface area contributed by atoms with Crippen molar-refractivity contribution < 1.29 is 4.79 Å². The first kappa shape index (κ1) is 24.0. The molecule has 0 aromatic rings. The zero-order chi connectivity index (χ0) is 20.1. The van der Waals surface area contributed by atoms with E-state index < -0.39 is 0 Å². The minimum atomic E-state index is 0. The van der Waals surface area contributed by atoms with Crippen LogP contribution in [0.1, 0.15) is 26.2 Å². The summed E-state index contributed by atoms with van der Waals surface area (Å²) in [4.78, 5) is 29.5. The van der Waals surface area contributed by atoms with Gasteiger partial charge in [-0.2, -0.15) is 0 Å². The van der Waals surface area contributed by atoms with Crippen LogP contribution in [0.4, 0.5) is 0 Å². The number of carbonyl (C=O) groups is 1. The van der Waals surface area contributed by atoms with Crippen LogP contribution in [0.2, 0.25) is 0 Å². The van der Waals surface area contributed by atoms with Gasteiger partial charge in [-0.3, -0.25) is 24.5 Å². The molecule has 0 aromatic heterocycles. The molecule has 5 fully saturated rings. The highest BCUT2D eigenvalue weighted by atomic mass is 127. The summed E-state index contributed by atoms with van der Waals surface area (Å²) in [5, 5.41) is 3.49. The molecule has 0 radical (unpaired) electrons. The molecule has 30 heavy (non-hydrogen) atoms. The number of fused-ring (bicyclic) bond motifs is 3. The van der Waals surface area contributed by atoms with E-state index in [1.165, 1.54) is 32.6 Å². The van der Waals surface area contributed by atoms with Gasteiger partial charge < -0.3 is 15.1 Å². The lowest BCUT2D eigenvalue weighted by atomic mass is 10.1. The Balaban J connectivity index is 0.00000256. The van der Waals surface area contributed by atoms with E-state index in [1.54, 1.807) is 0 Å². The summed E-state index contributed by atoms with van der Waals surface area (Å²) in [6.45, 7) is 16.2. The SMILES string of the molecule is CCNC(=NCC1CN2CCN1CC2)N1CCN(CC(=O)N2CCCCC2)CC1.I. The fraction of sp³-hybridized carbons (Fsp3) is 0.905. The van der Waals surface area contributed by atoms with E-state index in [1.807, 2.05) is 0 Å². The Bertz CT molecular complexity index is 568. The van der Waals surface area contributed by atoms with Crippen molar-refractivity contribution in [3.63, 3.8) is 0 Å². The number of rotatable bonds is 5. The van der Waals surface area contributed by atoms with Gasteiger partial charge in [0.15, 0.2) is 5.96 Å². The number of likely N-dealkylation sites (tertiary alicyclic amines) is 1. The number of guanidine groups is 1. The Labute approximate surface area is 199 Å². The number of halogens is 1. The van der Waals surface area contributed by atoms with E-state index in [0.29, 0.717) is 18.5 Å². The summed E-state index contributed by atoms with van der Waals surface area (Å²) in [5.41, 5.74) is 0. The number of aliphatic imine (C=N–C) groups is 1. The van der Waals surface area contributed by atoms with Crippen molar-refractivity contribution >= 4 is 35.8 Å². The van der Waals surface area contributed by atoms with Gasteiger partial charge in [0.1, 0.15) is 0 Å². The molecule has 5 aliphatic heterocycles. The molecule has 8 nitrogen and oxygen atoms in total. The molecule has 1 amide bonds. The minimum Gasteiger partial charge on any atom is -0.357 e. The molecule has 5 aliphatic rings. The third kappa shape index (κ3) is 6.20. The van der Waals surface area contributed by atoms with Crippen molar-refractivity contribution in [3.05, 3.63) is 0 Å². The molecule has 0 saturated carbocycles. The molecule has 0 spiro atoms. The van der Waals surface area contributed by atoms with Crippen LogP contribution in [-0.2, 0) is 4.79 Å².